The summed E-state index contributed by atoms with van der Waals surface area (Å²) in [6.07, 6.45) is 3.95. The lowest BCUT2D eigenvalue weighted by Gasteiger charge is -2.29. The Balaban J connectivity index is 1.64. The van der Waals surface area contributed by atoms with Crippen LogP contribution in [0.2, 0.25) is 5.02 Å². The molecule has 0 bridgehead atoms. The summed E-state index contributed by atoms with van der Waals surface area (Å²) in [6.45, 7) is 5.14. The second kappa shape index (κ2) is 7.43. The fourth-order valence-corrected chi connectivity index (χ4v) is 3.77. The number of piperidine rings is 1. The maximum absolute atomic E-state index is 12.4. The third-order valence-electron chi connectivity index (χ3n) is 4.88. The first-order valence-corrected chi connectivity index (χ1v) is 9.09. The van der Waals surface area contributed by atoms with E-state index in [1.807, 2.05) is 19.1 Å². The standard InChI is InChI=1S/C18H24ClN3O2/c1-2-21-12-13(10-17(21)23)18(24)20-14-6-7-16(15(19)11-14)22-8-4-3-5-9-22/h6-7,11,13H,2-5,8-10,12H2,1H3,(H,20,24). The lowest BCUT2D eigenvalue weighted by atomic mass is 10.1. The number of nitrogens with one attached hydrogen (secondary N) is 1. The number of likely N-dealkylation sites (tertiary alicyclic amines) is 1. The highest BCUT2D eigenvalue weighted by Gasteiger charge is 2.33. The molecular weight excluding hydrogens is 326 g/mol. The van der Waals surface area contributed by atoms with Crippen molar-refractivity contribution in [3.05, 3.63) is 23.2 Å². The largest absolute Gasteiger partial charge is 0.370 e. The number of halogens is 1. The van der Waals surface area contributed by atoms with Crippen LogP contribution in [0.15, 0.2) is 18.2 Å². The van der Waals surface area contributed by atoms with Crippen molar-refractivity contribution in [2.24, 2.45) is 5.92 Å². The van der Waals surface area contributed by atoms with Crippen molar-refractivity contribution in [1.29, 1.82) is 0 Å². The van der Waals surface area contributed by atoms with Gasteiger partial charge in [0.05, 0.1) is 16.6 Å². The van der Waals surface area contributed by atoms with Crippen molar-refractivity contribution < 1.29 is 9.59 Å². The zero-order valence-corrected chi connectivity index (χ0v) is 14.8. The number of carbonyl (C=O) groups is 2. The molecule has 0 spiro atoms. The molecule has 5 nitrogen and oxygen atoms in total. The summed E-state index contributed by atoms with van der Waals surface area (Å²) in [7, 11) is 0. The zero-order chi connectivity index (χ0) is 17.1. The van der Waals surface area contributed by atoms with Gasteiger partial charge >= 0.3 is 0 Å². The molecule has 1 atom stereocenters. The maximum Gasteiger partial charge on any atom is 0.229 e. The Hall–Kier alpha value is -1.75. The van der Waals surface area contributed by atoms with Gasteiger partial charge in [-0.3, -0.25) is 9.59 Å². The summed E-state index contributed by atoms with van der Waals surface area (Å²) in [6, 6.07) is 5.67. The Kier molecular flexibility index (Phi) is 5.29. The number of hydrogen-bond acceptors (Lipinski definition) is 3. The fraction of sp³-hybridized carbons (Fsp3) is 0.556. The molecule has 6 heteroatoms. The van der Waals surface area contributed by atoms with E-state index < -0.39 is 0 Å². The molecule has 2 amide bonds. The molecule has 1 N–H and O–H groups in total. The molecule has 1 unspecified atom stereocenters. The van der Waals surface area contributed by atoms with Gasteiger partial charge < -0.3 is 15.1 Å². The number of nitrogens with zero attached hydrogens (tertiary/aromatic N) is 2. The Labute approximate surface area is 147 Å². The van der Waals surface area contributed by atoms with E-state index >= 15 is 0 Å². The summed E-state index contributed by atoms with van der Waals surface area (Å²) in [5.74, 6) is -0.338. The molecule has 2 heterocycles. The molecule has 2 aliphatic heterocycles. The van der Waals surface area contributed by atoms with Crippen molar-refractivity contribution in [2.75, 3.05) is 36.4 Å². The van der Waals surface area contributed by atoms with Gasteiger partial charge in [0, 0.05) is 38.3 Å². The van der Waals surface area contributed by atoms with Crippen LogP contribution in [0.5, 0.6) is 0 Å². The number of carbonyl (C=O) groups excluding carboxylic acids is 2. The van der Waals surface area contributed by atoms with E-state index in [0.29, 0.717) is 30.2 Å². The van der Waals surface area contributed by atoms with E-state index in [9.17, 15) is 9.59 Å². The third-order valence-corrected chi connectivity index (χ3v) is 5.18. The van der Waals surface area contributed by atoms with Gasteiger partial charge in [0.2, 0.25) is 11.8 Å². The molecule has 2 aliphatic rings. The van der Waals surface area contributed by atoms with Crippen LogP contribution in [-0.2, 0) is 9.59 Å². The fourth-order valence-electron chi connectivity index (χ4n) is 3.47. The van der Waals surface area contributed by atoms with Gasteiger partial charge in [0.1, 0.15) is 0 Å². The molecule has 2 saturated heterocycles. The first-order chi connectivity index (χ1) is 11.6. The van der Waals surface area contributed by atoms with E-state index in [0.717, 1.165) is 18.8 Å². The number of hydrogen-bond donors (Lipinski definition) is 1. The van der Waals surface area contributed by atoms with Gasteiger partial charge in [0.15, 0.2) is 0 Å². The summed E-state index contributed by atoms with van der Waals surface area (Å²) in [5, 5.41) is 3.56. The molecular formula is C18H24ClN3O2. The normalized spacial score (nSPS) is 21.2. The van der Waals surface area contributed by atoms with Gasteiger partial charge in [-0.25, -0.2) is 0 Å². The average molecular weight is 350 g/mol. The van der Waals surface area contributed by atoms with E-state index in [1.165, 1.54) is 19.3 Å². The molecule has 2 fully saturated rings. The molecule has 0 radical (unpaired) electrons. The Morgan fingerprint density at radius 3 is 2.67 bits per heavy atom. The highest BCUT2D eigenvalue weighted by molar-refractivity contribution is 6.33. The minimum Gasteiger partial charge on any atom is -0.370 e. The van der Waals surface area contributed by atoms with Crippen LogP contribution in [0.3, 0.4) is 0 Å². The molecule has 1 aromatic carbocycles. The lowest BCUT2D eigenvalue weighted by molar-refractivity contribution is -0.128. The minimum atomic E-state index is -0.280. The van der Waals surface area contributed by atoms with Crippen molar-refractivity contribution in [1.82, 2.24) is 4.90 Å². The van der Waals surface area contributed by atoms with Crippen molar-refractivity contribution in [2.45, 2.75) is 32.6 Å². The van der Waals surface area contributed by atoms with Crippen LogP contribution in [0.1, 0.15) is 32.6 Å². The predicted molar refractivity (Wildman–Crippen MR) is 96.5 cm³/mol. The van der Waals surface area contributed by atoms with E-state index in [4.69, 9.17) is 11.6 Å². The van der Waals surface area contributed by atoms with Gasteiger partial charge in [-0.2, -0.15) is 0 Å². The quantitative estimate of drug-likeness (QED) is 0.908. The van der Waals surface area contributed by atoms with Gasteiger partial charge in [-0.05, 0) is 44.4 Å². The second-order valence-electron chi connectivity index (χ2n) is 6.54. The third kappa shape index (κ3) is 3.66. The number of rotatable bonds is 4. The van der Waals surface area contributed by atoms with Crippen molar-refractivity contribution in [3.63, 3.8) is 0 Å². The number of anilines is 2. The van der Waals surface area contributed by atoms with E-state index in [-0.39, 0.29) is 17.7 Å². The van der Waals surface area contributed by atoms with Crippen LogP contribution in [0, 0.1) is 5.92 Å². The molecule has 24 heavy (non-hydrogen) atoms. The zero-order valence-electron chi connectivity index (χ0n) is 14.1. The second-order valence-corrected chi connectivity index (χ2v) is 6.94. The van der Waals surface area contributed by atoms with Crippen molar-refractivity contribution >= 4 is 34.8 Å². The Morgan fingerprint density at radius 2 is 2.04 bits per heavy atom. The van der Waals surface area contributed by atoms with Crippen LogP contribution in [-0.4, -0.2) is 42.9 Å². The number of benzene rings is 1. The first-order valence-electron chi connectivity index (χ1n) is 8.71. The summed E-state index contributed by atoms with van der Waals surface area (Å²) in [4.78, 5) is 28.2. The highest BCUT2D eigenvalue weighted by atomic mass is 35.5. The summed E-state index contributed by atoms with van der Waals surface area (Å²) >= 11 is 6.42. The Morgan fingerprint density at radius 1 is 1.29 bits per heavy atom. The van der Waals surface area contributed by atoms with Gasteiger partial charge in [-0.1, -0.05) is 11.6 Å². The van der Waals surface area contributed by atoms with E-state index in [2.05, 4.69) is 10.2 Å². The average Bonchev–Trinajstić information content (AvgIpc) is 2.97. The summed E-state index contributed by atoms with van der Waals surface area (Å²) < 4.78 is 0. The smallest absolute Gasteiger partial charge is 0.229 e. The van der Waals surface area contributed by atoms with Crippen molar-refractivity contribution in [3.8, 4) is 0 Å². The predicted octanol–water partition coefficient (Wildman–Crippen LogP) is 3.14. The van der Waals surface area contributed by atoms with E-state index in [1.54, 1.807) is 11.0 Å². The molecule has 1 aromatic rings. The molecule has 0 saturated carbocycles. The van der Waals surface area contributed by atoms with Crippen LogP contribution in [0.4, 0.5) is 11.4 Å². The molecule has 0 aromatic heterocycles. The maximum atomic E-state index is 12.4. The monoisotopic (exact) mass is 349 g/mol. The number of amides is 2. The summed E-state index contributed by atoms with van der Waals surface area (Å²) in [5.41, 5.74) is 1.72. The molecule has 0 aliphatic carbocycles. The SMILES string of the molecule is CCN1CC(C(=O)Nc2ccc(N3CCCCC3)c(Cl)c2)CC1=O. The van der Waals surface area contributed by atoms with Gasteiger partial charge in [-0.15, -0.1) is 0 Å². The van der Waals surface area contributed by atoms with Gasteiger partial charge in [0.25, 0.3) is 0 Å². The lowest BCUT2D eigenvalue weighted by Crippen LogP contribution is -2.29. The Bertz CT molecular complexity index is 629. The highest BCUT2D eigenvalue weighted by Crippen LogP contribution is 2.31. The topological polar surface area (TPSA) is 52.7 Å². The molecule has 130 valence electrons. The van der Waals surface area contributed by atoms with Crippen LogP contribution < -0.4 is 10.2 Å². The first kappa shape index (κ1) is 17.1. The molecule has 3 rings (SSSR count). The van der Waals surface area contributed by atoms with Crippen LogP contribution >= 0.6 is 11.6 Å². The van der Waals surface area contributed by atoms with Crippen LogP contribution in [0.25, 0.3) is 0 Å². The minimum absolute atomic E-state index is 0.0520.